The lowest BCUT2D eigenvalue weighted by Gasteiger charge is -2.33. The molecule has 17 heavy (non-hydrogen) atoms. The molecule has 1 N–H and O–H groups in total. The van der Waals surface area contributed by atoms with Gasteiger partial charge in [-0.25, -0.2) is 0 Å². The molecule has 0 amide bonds. The van der Waals surface area contributed by atoms with Gasteiger partial charge in [-0.3, -0.25) is 0 Å². The molecular weight excluding hydrogens is 254 g/mol. The fourth-order valence-corrected chi connectivity index (χ4v) is 0.828. The van der Waals surface area contributed by atoms with Gasteiger partial charge in [0.05, 0.1) is 0 Å². The van der Waals surface area contributed by atoms with Crippen LogP contribution in [0.3, 0.4) is 0 Å². The summed E-state index contributed by atoms with van der Waals surface area (Å²) in [4.78, 5) is 0. The highest BCUT2D eigenvalue weighted by Crippen LogP contribution is 2.38. The van der Waals surface area contributed by atoms with Crippen LogP contribution < -0.4 is 0 Å². The molecule has 8 heteroatoms. The molecule has 0 aromatic rings. The Morgan fingerprint density at radius 2 is 1.35 bits per heavy atom. The molecule has 0 bridgehead atoms. The molecule has 1 atom stereocenters. The van der Waals surface area contributed by atoms with Crippen LogP contribution >= 0.6 is 0 Å². The smallest absolute Gasteiger partial charge is 0.367 e. The SMILES string of the molecule is CCC(C)(C)[C@H](O)OC(C(F)(F)F)C(F)(F)F. The van der Waals surface area contributed by atoms with Crippen molar-refractivity contribution in [3.63, 3.8) is 0 Å². The van der Waals surface area contributed by atoms with E-state index in [1.807, 2.05) is 0 Å². The first-order chi connectivity index (χ1) is 7.32. The lowest BCUT2D eigenvalue weighted by Crippen LogP contribution is -2.49. The number of hydrogen-bond acceptors (Lipinski definition) is 2. The topological polar surface area (TPSA) is 29.5 Å². The van der Waals surface area contributed by atoms with Crippen LogP contribution in [-0.4, -0.2) is 29.9 Å². The van der Waals surface area contributed by atoms with Crippen molar-refractivity contribution >= 4 is 0 Å². The summed E-state index contributed by atoms with van der Waals surface area (Å²) in [7, 11) is 0. The second-order valence-electron chi connectivity index (χ2n) is 4.29. The standard InChI is InChI=1S/C9H14F6O2/c1-4-7(2,3)6(16)17-5(8(10,11)12)9(13,14)15/h5-6,16H,4H2,1-3H3/t6-/m1/s1. The van der Waals surface area contributed by atoms with Gasteiger partial charge in [0.1, 0.15) is 0 Å². The highest BCUT2D eigenvalue weighted by molar-refractivity contribution is 4.79. The Bertz CT molecular complexity index is 231. The molecule has 0 saturated carbocycles. The lowest BCUT2D eigenvalue weighted by molar-refractivity contribution is -0.359. The molecule has 0 spiro atoms. The second kappa shape index (κ2) is 5.01. The Kier molecular flexibility index (Phi) is 4.86. The first kappa shape index (κ1) is 16.5. The number of halogens is 6. The molecule has 2 nitrogen and oxygen atoms in total. The summed E-state index contributed by atoms with van der Waals surface area (Å²) in [6.07, 6.45) is -17.2. The quantitative estimate of drug-likeness (QED) is 0.626. The Balaban J connectivity index is 4.92. The zero-order chi connectivity index (χ0) is 14.1. The molecule has 0 aliphatic carbocycles. The van der Waals surface area contributed by atoms with Gasteiger partial charge in [0.2, 0.25) is 0 Å². The third-order valence-electron chi connectivity index (χ3n) is 2.44. The summed E-state index contributed by atoms with van der Waals surface area (Å²) in [6.45, 7) is 4.13. The van der Waals surface area contributed by atoms with Crippen molar-refractivity contribution in [1.29, 1.82) is 0 Å². The molecule has 0 aliphatic heterocycles. The number of aliphatic hydroxyl groups is 1. The number of aliphatic hydroxyl groups excluding tert-OH is 1. The maximum Gasteiger partial charge on any atom is 0.423 e. The van der Waals surface area contributed by atoms with E-state index in [0.29, 0.717) is 0 Å². The van der Waals surface area contributed by atoms with Crippen LogP contribution in [0, 0.1) is 5.41 Å². The van der Waals surface area contributed by atoms with Crippen LogP contribution in [0.1, 0.15) is 27.2 Å². The Morgan fingerprint density at radius 1 is 1.00 bits per heavy atom. The molecule has 0 aromatic heterocycles. The second-order valence-corrected chi connectivity index (χ2v) is 4.29. The molecule has 0 unspecified atom stereocenters. The van der Waals surface area contributed by atoms with Crippen molar-refractivity contribution in [2.45, 2.75) is 51.9 Å². The van der Waals surface area contributed by atoms with Crippen molar-refractivity contribution < 1.29 is 36.2 Å². The predicted octanol–water partition coefficient (Wildman–Crippen LogP) is 3.25. The number of rotatable bonds is 4. The first-order valence-corrected chi connectivity index (χ1v) is 4.79. The first-order valence-electron chi connectivity index (χ1n) is 4.79. The van der Waals surface area contributed by atoms with Crippen LogP contribution in [0.25, 0.3) is 0 Å². The summed E-state index contributed by atoms with van der Waals surface area (Å²) < 4.78 is 76.4. The molecule has 0 radical (unpaired) electrons. The van der Waals surface area contributed by atoms with Gasteiger partial charge in [-0.2, -0.15) is 26.3 Å². The van der Waals surface area contributed by atoms with Crippen molar-refractivity contribution in [3.05, 3.63) is 0 Å². The van der Waals surface area contributed by atoms with Crippen LogP contribution in [0.2, 0.25) is 0 Å². The summed E-state index contributed by atoms with van der Waals surface area (Å²) in [6, 6.07) is 0. The lowest BCUT2D eigenvalue weighted by atomic mass is 9.89. The van der Waals surface area contributed by atoms with E-state index in [9.17, 15) is 31.4 Å². The molecule has 104 valence electrons. The molecule has 0 aliphatic rings. The average molecular weight is 268 g/mol. The van der Waals surface area contributed by atoms with Gasteiger partial charge in [-0.05, 0) is 6.42 Å². The van der Waals surface area contributed by atoms with Crippen molar-refractivity contribution in [1.82, 2.24) is 0 Å². The molecule has 0 rings (SSSR count). The average Bonchev–Trinajstić information content (AvgIpc) is 2.09. The van der Waals surface area contributed by atoms with Gasteiger partial charge < -0.3 is 9.84 Å². The van der Waals surface area contributed by atoms with Crippen LogP contribution in [0.5, 0.6) is 0 Å². The Hall–Kier alpha value is -0.500. The van der Waals surface area contributed by atoms with Crippen molar-refractivity contribution in [2.75, 3.05) is 0 Å². The molecule has 0 aromatic carbocycles. The maximum atomic E-state index is 12.1. The zero-order valence-corrected chi connectivity index (χ0v) is 9.49. The fraction of sp³-hybridized carbons (Fsp3) is 1.00. The summed E-state index contributed by atoms with van der Waals surface area (Å²) >= 11 is 0. The highest BCUT2D eigenvalue weighted by atomic mass is 19.4. The van der Waals surface area contributed by atoms with Crippen molar-refractivity contribution in [3.8, 4) is 0 Å². The Morgan fingerprint density at radius 3 is 1.59 bits per heavy atom. The van der Waals surface area contributed by atoms with Gasteiger partial charge >= 0.3 is 12.4 Å². The normalized spacial score (nSPS) is 16.4. The minimum absolute atomic E-state index is 0.163. The van der Waals surface area contributed by atoms with Crippen molar-refractivity contribution in [2.24, 2.45) is 5.41 Å². The third kappa shape index (κ3) is 4.71. The van der Waals surface area contributed by atoms with E-state index >= 15 is 0 Å². The summed E-state index contributed by atoms with van der Waals surface area (Å²) in [5.74, 6) is 0. The number of hydrogen-bond donors (Lipinski definition) is 1. The van der Waals surface area contributed by atoms with Gasteiger partial charge in [0.15, 0.2) is 6.29 Å². The van der Waals surface area contributed by atoms with Gasteiger partial charge in [-0.15, -0.1) is 0 Å². The van der Waals surface area contributed by atoms with Gasteiger partial charge in [0.25, 0.3) is 6.10 Å². The highest BCUT2D eigenvalue weighted by Gasteiger charge is 2.59. The van der Waals surface area contributed by atoms with Crippen LogP contribution in [0.4, 0.5) is 26.3 Å². The van der Waals surface area contributed by atoms with E-state index in [1.54, 1.807) is 0 Å². The van der Waals surface area contributed by atoms with Crippen LogP contribution in [0.15, 0.2) is 0 Å². The summed E-state index contributed by atoms with van der Waals surface area (Å²) in [5.41, 5.74) is -1.20. The predicted molar refractivity (Wildman–Crippen MR) is 47.1 cm³/mol. The largest absolute Gasteiger partial charge is 0.423 e. The molecule has 0 saturated heterocycles. The van der Waals surface area contributed by atoms with Crippen LogP contribution in [-0.2, 0) is 4.74 Å². The minimum atomic E-state index is -5.61. The van der Waals surface area contributed by atoms with E-state index in [-0.39, 0.29) is 6.42 Å². The minimum Gasteiger partial charge on any atom is -0.367 e. The molecule has 0 fully saturated rings. The van der Waals surface area contributed by atoms with E-state index in [0.717, 1.165) is 0 Å². The monoisotopic (exact) mass is 268 g/mol. The van der Waals surface area contributed by atoms with E-state index in [4.69, 9.17) is 0 Å². The fourth-order valence-electron chi connectivity index (χ4n) is 0.828. The molecular formula is C9H14F6O2. The zero-order valence-electron chi connectivity index (χ0n) is 9.49. The van der Waals surface area contributed by atoms with Gasteiger partial charge in [0, 0.05) is 5.41 Å². The number of ether oxygens (including phenoxy) is 1. The Labute approximate surface area is 94.6 Å². The summed E-state index contributed by atoms with van der Waals surface area (Å²) in [5, 5.41) is 9.25. The number of alkyl halides is 6. The van der Waals surface area contributed by atoms with E-state index in [2.05, 4.69) is 4.74 Å². The van der Waals surface area contributed by atoms with E-state index in [1.165, 1.54) is 20.8 Å². The maximum absolute atomic E-state index is 12.1. The molecule has 0 heterocycles. The van der Waals surface area contributed by atoms with Gasteiger partial charge in [-0.1, -0.05) is 20.8 Å². The van der Waals surface area contributed by atoms with E-state index < -0.39 is 30.2 Å². The third-order valence-corrected chi connectivity index (χ3v) is 2.44.